The van der Waals surface area contributed by atoms with Crippen LogP contribution in [0.15, 0.2) is 36.9 Å². The molecule has 3 nitrogen and oxygen atoms in total. The van der Waals surface area contributed by atoms with Crippen LogP contribution >= 0.6 is 11.6 Å². The van der Waals surface area contributed by atoms with Crippen molar-refractivity contribution in [2.24, 2.45) is 0 Å². The number of carbonyl (C=O) groups excluding carboxylic acids is 1. The van der Waals surface area contributed by atoms with Crippen LogP contribution in [0.1, 0.15) is 29.6 Å². The van der Waals surface area contributed by atoms with Crippen LogP contribution in [0.4, 0.5) is 0 Å². The quantitative estimate of drug-likeness (QED) is 0.569. The highest BCUT2D eigenvalue weighted by Gasteiger charge is 2.24. The molecule has 114 valence electrons. The van der Waals surface area contributed by atoms with Crippen LogP contribution in [0.3, 0.4) is 0 Å². The van der Waals surface area contributed by atoms with E-state index in [1.807, 2.05) is 0 Å². The van der Waals surface area contributed by atoms with Gasteiger partial charge in [-0.2, -0.15) is 0 Å². The molecule has 4 heteroatoms. The van der Waals surface area contributed by atoms with Crippen LogP contribution in [0, 0.1) is 0 Å². The van der Waals surface area contributed by atoms with Crippen molar-refractivity contribution >= 4 is 17.4 Å². The van der Waals surface area contributed by atoms with Crippen molar-refractivity contribution in [2.75, 3.05) is 26.2 Å². The van der Waals surface area contributed by atoms with E-state index >= 15 is 0 Å². The van der Waals surface area contributed by atoms with Gasteiger partial charge in [0.1, 0.15) is 6.10 Å². The number of carbonyl (C=O) groups is 1. The molecule has 1 aliphatic rings. The number of Topliss-reactive ketones (excluding diaryl/α,β-unsaturated/α-hetero) is 1. The van der Waals surface area contributed by atoms with Crippen molar-refractivity contribution in [1.29, 1.82) is 0 Å². The van der Waals surface area contributed by atoms with Gasteiger partial charge in [-0.05, 0) is 50.2 Å². The number of hydrogen-bond donors (Lipinski definition) is 0. The number of likely N-dealkylation sites (tertiary alicyclic amines) is 1. The molecule has 0 aliphatic carbocycles. The lowest BCUT2D eigenvalue weighted by atomic mass is 10.0. The zero-order valence-electron chi connectivity index (χ0n) is 12.3. The smallest absolute Gasteiger partial charge is 0.192 e. The van der Waals surface area contributed by atoms with Crippen molar-refractivity contribution in [2.45, 2.75) is 25.4 Å². The summed E-state index contributed by atoms with van der Waals surface area (Å²) in [5, 5.41) is 0.631. The molecular formula is C17H22ClNO2. The van der Waals surface area contributed by atoms with Crippen molar-refractivity contribution in [1.82, 2.24) is 4.90 Å². The molecule has 1 aliphatic heterocycles. The predicted molar refractivity (Wildman–Crippen MR) is 86.0 cm³/mol. The minimum absolute atomic E-state index is 0.0130. The van der Waals surface area contributed by atoms with E-state index in [-0.39, 0.29) is 5.78 Å². The van der Waals surface area contributed by atoms with Gasteiger partial charge in [-0.1, -0.05) is 24.1 Å². The van der Waals surface area contributed by atoms with Crippen molar-refractivity contribution in [3.8, 4) is 0 Å². The van der Waals surface area contributed by atoms with E-state index in [0.717, 1.165) is 13.1 Å². The van der Waals surface area contributed by atoms with E-state index in [1.165, 1.54) is 19.3 Å². The number of ketones is 1. The van der Waals surface area contributed by atoms with E-state index in [1.54, 1.807) is 30.3 Å². The summed E-state index contributed by atoms with van der Waals surface area (Å²) in [5.74, 6) is 0.0130. The summed E-state index contributed by atoms with van der Waals surface area (Å²) in [5.41, 5.74) is 0.644. The molecule has 0 radical (unpaired) electrons. The second-order valence-corrected chi connectivity index (χ2v) is 5.78. The lowest BCUT2D eigenvalue weighted by molar-refractivity contribution is 0.0323. The summed E-state index contributed by atoms with van der Waals surface area (Å²) in [7, 11) is 0. The predicted octanol–water partition coefficient (Wildman–Crippen LogP) is 3.58. The van der Waals surface area contributed by atoms with Crippen LogP contribution in [-0.2, 0) is 4.74 Å². The fraction of sp³-hybridized carbons (Fsp3) is 0.471. The summed E-state index contributed by atoms with van der Waals surface area (Å²) in [6.07, 6.45) is 4.91. The summed E-state index contributed by atoms with van der Waals surface area (Å²) in [6.45, 7) is 6.78. The molecule has 1 aromatic carbocycles. The summed E-state index contributed by atoms with van der Waals surface area (Å²) in [4.78, 5) is 14.9. The standard InChI is InChI=1S/C17H22ClNO2/c1-2-12-21-16(13-19-10-4-3-5-11-19)17(20)14-6-8-15(18)9-7-14/h2,6-9,16H,1,3-5,10-13H2. The van der Waals surface area contributed by atoms with Crippen LogP contribution in [0.2, 0.25) is 5.02 Å². The van der Waals surface area contributed by atoms with Crippen LogP contribution < -0.4 is 0 Å². The average molecular weight is 308 g/mol. The minimum atomic E-state index is -0.442. The Morgan fingerprint density at radius 3 is 2.57 bits per heavy atom. The van der Waals surface area contributed by atoms with Crippen LogP contribution in [0.25, 0.3) is 0 Å². The molecule has 1 aromatic rings. The molecule has 0 aromatic heterocycles. The Labute approximate surface area is 131 Å². The second-order valence-electron chi connectivity index (χ2n) is 5.34. The molecule has 1 saturated heterocycles. The van der Waals surface area contributed by atoms with Gasteiger partial charge in [0, 0.05) is 17.1 Å². The van der Waals surface area contributed by atoms with Gasteiger partial charge in [0.15, 0.2) is 5.78 Å². The molecule has 0 N–H and O–H groups in total. The molecular weight excluding hydrogens is 286 g/mol. The molecule has 0 amide bonds. The number of ether oxygens (including phenoxy) is 1. The molecule has 1 atom stereocenters. The molecule has 1 heterocycles. The van der Waals surface area contributed by atoms with Gasteiger partial charge in [0.25, 0.3) is 0 Å². The summed E-state index contributed by atoms with van der Waals surface area (Å²) in [6, 6.07) is 6.98. The van der Waals surface area contributed by atoms with Crippen LogP contribution in [-0.4, -0.2) is 43.0 Å². The fourth-order valence-corrected chi connectivity index (χ4v) is 2.70. The zero-order chi connectivity index (χ0) is 15.1. The van der Waals surface area contributed by atoms with Gasteiger partial charge in [0.2, 0.25) is 0 Å². The molecule has 0 saturated carbocycles. The average Bonchev–Trinajstić information content (AvgIpc) is 2.52. The molecule has 1 unspecified atom stereocenters. The van der Waals surface area contributed by atoms with Crippen molar-refractivity contribution in [3.05, 3.63) is 47.5 Å². The third-order valence-electron chi connectivity index (χ3n) is 3.71. The SMILES string of the molecule is C=CCOC(CN1CCCCC1)C(=O)c1ccc(Cl)cc1. The largest absolute Gasteiger partial charge is 0.365 e. The third kappa shape index (κ3) is 4.95. The van der Waals surface area contributed by atoms with Gasteiger partial charge in [0.05, 0.1) is 6.61 Å². The Morgan fingerprint density at radius 2 is 1.95 bits per heavy atom. The van der Waals surface area contributed by atoms with E-state index in [4.69, 9.17) is 16.3 Å². The second kappa shape index (κ2) is 8.32. The first kappa shape index (κ1) is 16.2. The highest BCUT2D eigenvalue weighted by molar-refractivity contribution is 6.30. The number of nitrogens with zero attached hydrogens (tertiary/aromatic N) is 1. The topological polar surface area (TPSA) is 29.5 Å². The van der Waals surface area contributed by atoms with Gasteiger partial charge in [-0.15, -0.1) is 6.58 Å². The Kier molecular flexibility index (Phi) is 6.43. The maximum absolute atomic E-state index is 12.6. The summed E-state index contributed by atoms with van der Waals surface area (Å²) < 4.78 is 5.70. The minimum Gasteiger partial charge on any atom is -0.365 e. The van der Waals surface area contributed by atoms with Crippen molar-refractivity contribution in [3.63, 3.8) is 0 Å². The monoisotopic (exact) mass is 307 g/mol. The maximum atomic E-state index is 12.6. The lowest BCUT2D eigenvalue weighted by Gasteiger charge is -2.29. The molecule has 1 fully saturated rings. The Morgan fingerprint density at radius 1 is 1.29 bits per heavy atom. The van der Waals surface area contributed by atoms with Gasteiger partial charge < -0.3 is 9.64 Å². The molecule has 2 rings (SSSR count). The highest BCUT2D eigenvalue weighted by atomic mass is 35.5. The van der Waals surface area contributed by atoms with Crippen molar-refractivity contribution < 1.29 is 9.53 Å². The van der Waals surface area contributed by atoms with Gasteiger partial charge in [-0.3, -0.25) is 4.79 Å². The van der Waals surface area contributed by atoms with E-state index in [2.05, 4.69) is 11.5 Å². The number of benzene rings is 1. The number of piperidine rings is 1. The molecule has 0 spiro atoms. The first-order valence-electron chi connectivity index (χ1n) is 7.45. The number of rotatable bonds is 7. The third-order valence-corrected chi connectivity index (χ3v) is 3.96. The zero-order valence-corrected chi connectivity index (χ0v) is 13.0. The van der Waals surface area contributed by atoms with Gasteiger partial charge in [-0.25, -0.2) is 0 Å². The number of halogens is 1. The first-order valence-corrected chi connectivity index (χ1v) is 7.83. The van der Waals surface area contributed by atoms with E-state index < -0.39 is 6.10 Å². The van der Waals surface area contributed by atoms with Crippen LogP contribution in [0.5, 0.6) is 0 Å². The highest BCUT2D eigenvalue weighted by Crippen LogP contribution is 2.15. The Hall–Kier alpha value is -1.16. The Bertz CT molecular complexity index is 466. The summed E-state index contributed by atoms with van der Waals surface area (Å²) >= 11 is 5.87. The normalized spacial score (nSPS) is 17.4. The Balaban J connectivity index is 2.04. The van der Waals surface area contributed by atoms with E-state index in [0.29, 0.717) is 23.7 Å². The molecule has 0 bridgehead atoms. The molecule has 21 heavy (non-hydrogen) atoms. The fourth-order valence-electron chi connectivity index (χ4n) is 2.57. The van der Waals surface area contributed by atoms with E-state index in [9.17, 15) is 4.79 Å². The first-order chi connectivity index (χ1) is 10.2. The lowest BCUT2D eigenvalue weighted by Crippen LogP contribution is -2.41. The number of hydrogen-bond acceptors (Lipinski definition) is 3. The maximum Gasteiger partial charge on any atom is 0.192 e. The van der Waals surface area contributed by atoms with Gasteiger partial charge >= 0.3 is 0 Å².